The standard InChI is InChI=1S/C27H41NO/c1-3-28-19-27(20-29-4-2)18-24(22-14-9-6-10-15-22)26-23(16-11-17-25(26)27)21-12-7-5-8-13-21/h11,16-18,21-22,28H,3-10,12-15,19-20H2,1-2H3. The second kappa shape index (κ2) is 9.79. The van der Waals surface area contributed by atoms with Crippen LogP contribution in [0.5, 0.6) is 0 Å². The predicted octanol–water partition coefficient (Wildman–Crippen LogP) is 6.60. The van der Waals surface area contributed by atoms with Gasteiger partial charge in [-0.3, -0.25) is 0 Å². The van der Waals surface area contributed by atoms with Crippen LogP contribution in [-0.2, 0) is 10.2 Å². The summed E-state index contributed by atoms with van der Waals surface area (Å²) in [5.41, 5.74) is 6.53. The van der Waals surface area contributed by atoms with E-state index in [2.05, 4.69) is 43.4 Å². The van der Waals surface area contributed by atoms with E-state index in [4.69, 9.17) is 4.74 Å². The Balaban J connectivity index is 1.79. The molecule has 0 radical (unpaired) electrons. The van der Waals surface area contributed by atoms with Crippen LogP contribution < -0.4 is 5.32 Å². The molecule has 0 amide bonds. The minimum atomic E-state index is -0.00118. The summed E-state index contributed by atoms with van der Waals surface area (Å²) in [5, 5.41) is 3.68. The minimum absolute atomic E-state index is 0.00118. The Morgan fingerprint density at radius 2 is 1.62 bits per heavy atom. The third-order valence-electron chi connectivity index (χ3n) is 7.70. The van der Waals surface area contributed by atoms with Gasteiger partial charge in [0.15, 0.2) is 0 Å². The summed E-state index contributed by atoms with van der Waals surface area (Å²) in [5.74, 6) is 1.50. The summed E-state index contributed by atoms with van der Waals surface area (Å²) in [7, 11) is 0. The molecule has 0 aliphatic heterocycles. The molecule has 1 N–H and O–H groups in total. The van der Waals surface area contributed by atoms with Crippen LogP contribution in [0.1, 0.15) is 101 Å². The maximum Gasteiger partial charge on any atom is 0.0610 e. The van der Waals surface area contributed by atoms with Crippen LogP contribution in [0.4, 0.5) is 0 Å². The van der Waals surface area contributed by atoms with Crippen molar-refractivity contribution in [2.24, 2.45) is 5.92 Å². The smallest absolute Gasteiger partial charge is 0.0610 e. The van der Waals surface area contributed by atoms with Crippen molar-refractivity contribution in [2.75, 3.05) is 26.3 Å². The average Bonchev–Trinajstić information content (AvgIpc) is 3.12. The van der Waals surface area contributed by atoms with E-state index < -0.39 is 0 Å². The highest BCUT2D eigenvalue weighted by Gasteiger charge is 2.42. The van der Waals surface area contributed by atoms with E-state index in [0.717, 1.165) is 38.1 Å². The number of nitrogens with one attached hydrogen (secondary N) is 1. The monoisotopic (exact) mass is 395 g/mol. The lowest BCUT2D eigenvalue weighted by atomic mass is 9.75. The first kappa shape index (κ1) is 21.1. The third kappa shape index (κ3) is 4.35. The zero-order valence-electron chi connectivity index (χ0n) is 18.8. The zero-order chi connectivity index (χ0) is 20.1. The Bertz CT molecular complexity index is 686. The molecule has 0 aromatic heterocycles. The topological polar surface area (TPSA) is 21.3 Å². The first-order valence-electron chi connectivity index (χ1n) is 12.4. The molecule has 0 bridgehead atoms. The summed E-state index contributed by atoms with van der Waals surface area (Å²) in [6, 6.07) is 7.23. The SMILES string of the molecule is CCNCC1(COCC)C=C(C2CCCCC2)c2c(C3CCCCC3)cccc21. The molecule has 3 aliphatic carbocycles. The third-order valence-corrected chi connectivity index (χ3v) is 7.70. The van der Waals surface area contributed by atoms with Crippen LogP contribution in [0.15, 0.2) is 24.3 Å². The van der Waals surface area contributed by atoms with Gasteiger partial charge in [0.05, 0.1) is 12.0 Å². The summed E-state index contributed by atoms with van der Waals surface area (Å²) in [6.45, 7) is 7.93. The van der Waals surface area contributed by atoms with Gasteiger partial charge in [-0.25, -0.2) is 0 Å². The Morgan fingerprint density at radius 3 is 2.28 bits per heavy atom. The normalized spacial score (nSPS) is 25.8. The fraction of sp³-hybridized carbons (Fsp3) is 0.704. The molecule has 0 heterocycles. The molecule has 4 rings (SSSR count). The number of benzene rings is 1. The Hall–Kier alpha value is -1.12. The molecule has 0 spiro atoms. The number of likely N-dealkylation sites (N-methyl/N-ethyl adjacent to an activating group) is 1. The lowest BCUT2D eigenvalue weighted by molar-refractivity contribution is 0.109. The van der Waals surface area contributed by atoms with Crippen molar-refractivity contribution in [1.82, 2.24) is 5.32 Å². The van der Waals surface area contributed by atoms with Gasteiger partial charge in [-0.2, -0.15) is 0 Å². The predicted molar refractivity (Wildman–Crippen MR) is 124 cm³/mol. The fourth-order valence-electron chi connectivity index (χ4n) is 6.19. The summed E-state index contributed by atoms with van der Waals surface area (Å²) >= 11 is 0. The molecule has 2 heteroatoms. The second-order valence-corrected chi connectivity index (χ2v) is 9.61. The van der Waals surface area contributed by atoms with Crippen molar-refractivity contribution in [3.8, 4) is 0 Å². The minimum Gasteiger partial charge on any atom is -0.380 e. The number of ether oxygens (including phenoxy) is 1. The molecular weight excluding hydrogens is 354 g/mol. The summed E-state index contributed by atoms with van der Waals surface area (Å²) in [4.78, 5) is 0. The number of hydrogen-bond donors (Lipinski definition) is 1. The van der Waals surface area contributed by atoms with Gasteiger partial charge in [-0.15, -0.1) is 0 Å². The van der Waals surface area contributed by atoms with Crippen LogP contribution in [0.25, 0.3) is 5.57 Å². The van der Waals surface area contributed by atoms with E-state index in [1.807, 2.05) is 0 Å². The van der Waals surface area contributed by atoms with Gasteiger partial charge in [0.25, 0.3) is 0 Å². The van der Waals surface area contributed by atoms with Crippen LogP contribution >= 0.6 is 0 Å². The molecule has 1 aromatic carbocycles. The van der Waals surface area contributed by atoms with E-state index in [1.54, 1.807) is 22.3 Å². The Kier molecular flexibility index (Phi) is 7.13. The van der Waals surface area contributed by atoms with E-state index >= 15 is 0 Å². The molecule has 1 atom stereocenters. The van der Waals surface area contributed by atoms with E-state index in [9.17, 15) is 0 Å². The number of allylic oxidation sites excluding steroid dienone is 1. The maximum absolute atomic E-state index is 6.11. The molecule has 2 fully saturated rings. The molecule has 3 aliphatic rings. The van der Waals surface area contributed by atoms with Crippen LogP contribution in [0.2, 0.25) is 0 Å². The summed E-state index contributed by atoms with van der Waals surface area (Å²) in [6.07, 6.45) is 16.6. The Labute approximate surface area is 178 Å². The lowest BCUT2D eigenvalue weighted by Crippen LogP contribution is -2.39. The molecule has 29 heavy (non-hydrogen) atoms. The highest BCUT2D eigenvalue weighted by Crippen LogP contribution is 2.51. The summed E-state index contributed by atoms with van der Waals surface area (Å²) < 4.78 is 6.11. The zero-order valence-corrected chi connectivity index (χ0v) is 18.8. The number of fused-ring (bicyclic) bond motifs is 1. The van der Waals surface area contributed by atoms with Crippen molar-refractivity contribution in [3.63, 3.8) is 0 Å². The molecule has 160 valence electrons. The van der Waals surface area contributed by atoms with Crippen molar-refractivity contribution in [2.45, 2.75) is 89.4 Å². The largest absolute Gasteiger partial charge is 0.380 e. The van der Waals surface area contributed by atoms with E-state index in [0.29, 0.717) is 0 Å². The number of hydrogen-bond acceptors (Lipinski definition) is 2. The second-order valence-electron chi connectivity index (χ2n) is 9.61. The van der Waals surface area contributed by atoms with Crippen molar-refractivity contribution in [1.29, 1.82) is 0 Å². The van der Waals surface area contributed by atoms with Gasteiger partial charge >= 0.3 is 0 Å². The lowest BCUT2D eigenvalue weighted by Gasteiger charge is -2.31. The molecule has 1 unspecified atom stereocenters. The van der Waals surface area contributed by atoms with Crippen molar-refractivity contribution >= 4 is 5.57 Å². The van der Waals surface area contributed by atoms with Crippen molar-refractivity contribution < 1.29 is 4.74 Å². The Morgan fingerprint density at radius 1 is 0.931 bits per heavy atom. The van der Waals surface area contributed by atoms with Crippen molar-refractivity contribution in [3.05, 3.63) is 41.0 Å². The van der Waals surface area contributed by atoms with Crippen LogP contribution in [0, 0.1) is 5.92 Å². The molecule has 0 saturated heterocycles. The highest BCUT2D eigenvalue weighted by molar-refractivity contribution is 5.81. The molecular formula is C27H41NO. The van der Waals surface area contributed by atoms with E-state index in [1.165, 1.54) is 64.2 Å². The quantitative estimate of drug-likeness (QED) is 0.536. The molecule has 2 nitrogen and oxygen atoms in total. The highest BCUT2D eigenvalue weighted by atomic mass is 16.5. The van der Waals surface area contributed by atoms with Gasteiger partial charge in [-0.1, -0.05) is 69.7 Å². The number of rotatable bonds is 8. The van der Waals surface area contributed by atoms with Crippen LogP contribution in [0.3, 0.4) is 0 Å². The average molecular weight is 396 g/mol. The van der Waals surface area contributed by atoms with Gasteiger partial charge in [0, 0.05) is 13.2 Å². The van der Waals surface area contributed by atoms with Crippen LogP contribution in [-0.4, -0.2) is 26.3 Å². The van der Waals surface area contributed by atoms with Gasteiger partial charge in [0.2, 0.25) is 0 Å². The molecule has 1 aromatic rings. The van der Waals surface area contributed by atoms with Gasteiger partial charge < -0.3 is 10.1 Å². The first-order chi connectivity index (χ1) is 14.3. The van der Waals surface area contributed by atoms with Gasteiger partial charge in [-0.05, 0) is 73.3 Å². The van der Waals surface area contributed by atoms with E-state index in [-0.39, 0.29) is 5.41 Å². The maximum atomic E-state index is 6.11. The fourth-order valence-corrected chi connectivity index (χ4v) is 6.19. The van der Waals surface area contributed by atoms with Gasteiger partial charge in [0.1, 0.15) is 0 Å². The molecule has 2 saturated carbocycles. The first-order valence-corrected chi connectivity index (χ1v) is 12.4.